The third-order valence-electron chi connectivity index (χ3n) is 3.02. The maximum atomic E-state index is 12.3. The van der Waals surface area contributed by atoms with Crippen LogP contribution in [0, 0.1) is 0 Å². The van der Waals surface area contributed by atoms with Gasteiger partial charge < -0.3 is 14.8 Å². The normalized spacial score (nSPS) is 10.5. The molecule has 1 heterocycles. The fraction of sp³-hybridized carbons (Fsp3) is 0.294. The Morgan fingerprint density at radius 3 is 2.78 bits per heavy atom. The van der Waals surface area contributed by atoms with Crippen molar-refractivity contribution >= 4 is 17.5 Å². The van der Waals surface area contributed by atoms with Crippen molar-refractivity contribution in [2.75, 3.05) is 7.11 Å². The highest BCUT2D eigenvalue weighted by Crippen LogP contribution is 2.37. The smallest absolute Gasteiger partial charge is 0.251 e. The van der Waals surface area contributed by atoms with E-state index in [2.05, 4.69) is 10.3 Å². The van der Waals surface area contributed by atoms with Crippen LogP contribution in [0.15, 0.2) is 36.7 Å². The third-order valence-corrected chi connectivity index (χ3v) is 3.30. The predicted molar refractivity (Wildman–Crippen MR) is 89.2 cm³/mol. The topological polar surface area (TPSA) is 60.5 Å². The highest BCUT2D eigenvalue weighted by molar-refractivity contribution is 6.32. The third kappa shape index (κ3) is 4.60. The van der Waals surface area contributed by atoms with Gasteiger partial charge in [0, 0.05) is 24.5 Å². The van der Waals surface area contributed by atoms with Crippen LogP contribution in [0.1, 0.15) is 29.8 Å². The summed E-state index contributed by atoms with van der Waals surface area (Å²) in [6, 6.07) is 6.89. The highest BCUT2D eigenvalue weighted by Gasteiger charge is 2.16. The molecule has 0 spiro atoms. The molecule has 0 atom stereocenters. The van der Waals surface area contributed by atoms with E-state index in [1.807, 2.05) is 26.0 Å². The summed E-state index contributed by atoms with van der Waals surface area (Å²) < 4.78 is 10.9. The second-order valence-electron chi connectivity index (χ2n) is 5.20. The molecule has 0 unspecified atom stereocenters. The molecule has 1 amide bonds. The molecule has 6 heteroatoms. The van der Waals surface area contributed by atoms with Crippen LogP contribution in [0.25, 0.3) is 0 Å². The van der Waals surface area contributed by atoms with Crippen molar-refractivity contribution in [1.29, 1.82) is 0 Å². The molecule has 0 aliphatic carbocycles. The van der Waals surface area contributed by atoms with Crippen LogP contribution in [0.2, 0.25) is 5.02 Å². The van der Waals surface area contributed by atoms with Crippen molar-refractivity contribution in [3.8, 4) is 11.5 Å². The zero-order valence-electron chi connectivity index (χ0n) is 13.3. The summed E-state index contributed by atoms with van der Waals surface area (Å²) in [6.45, 7) is 4.17. The van der Waals surface area contributed by atoms with Gasteiger partial charge in [-0.1, -0.05) is 17.7 Å². The van der Waals surface area contributed by atoms with Crippen molar-refractivity contribution in [2.45, 2.75) is 26.5 Å². The number of carbonyl (C=O) groups is 1. The van der Waals surface area contributed by atoms with Crippen LogP contribution in [-0.4, -0.2) is 24.1 Å². The van der Waals surface area contributed by atoms with Crippen LogP contribution in [-0.2, 0) is 6.54 Å². The number of carbonyl (C=O) groups excluding carboxylic acids is 1. The van der Waals surface area contributed by atoms with Gasteiger partial charge >= 0.3 is 0 Å². The second kappa shape index (κ2) is 7.83. The number of halogens is 1. The minimum Gasteiger partial charge on any atom is -0.493 e. The van der Waals surface area contributed by atoms with E-state index in [9.17, 15) is 4.79 Å². The maximum absolute atomic E-state index is 12.3. The van der Waals surface area contributed by atoms with Crippen LogP contribution in [0.3, 0.4) is 0 Å². The summed E-state index contributed by atoms with van der Waals surface area (Å²) in [4.78, 5) is 16.3. The molecule has 23 heavy (non-hydrogen) atoms. The summed E-state index contributed by atoms with van der Waals surface area (Å²) >= 11 is 6.22. The molecule has 0 aliphatic rings. The Morgan fingerprint density at radius 1 is 1.39 bits per heavy atom. The van der Waals surface area contributed by atoms with Crippen molar-refractivity contribution in [3.05, 3.63) is 52.8 Å². The number of rotatable bonds is 6. The first-order valence-electron chi connectivity index (χ1n) is 7.22. The Hall–Kier alpha value is -2.27. The average molecular weight is 335 g/mol. The molecule has 0 fully saturated rings. The van der Waals surface area contributed by atoms with E-state index in [0.717, 1.165) is 5.56 Å². The molecular formula is C17H19ClN2O3. The van der Waals surface area contributed by atoms with Gasteiger partial charge in [-0.05, 0) is 37.6 Å². The van der Waals surface area contributed by atoms with E-state index in [0.29, 0.717) is 28.6 Å². The van der Waals surface area contributed by atoms with Gasteiger partial charge in [-0.3, -0.25) is 9.78 Å². The highest BCUT2D eigenvalue weighted by atomic mass is 35.5. The summed E-state index contributed by atoms with van der Waals surface area (Å²) in [5, 5.41) is 3.16. The van der Waals surface area contributed by atoms with Crippen LogP contribution in [0.5, 0.6) is 11.5 Å². The number of benzene rings is 1. The minimum absolute atomic E-state index is 0.0494. The molecule has 0 bridgehead atoms. The summed E-state index contributed by atoms with van der Waals surface area (Å²) in [6.07, 6.45) is 3.34. The molecule has 2 aromatic rings. The summed E-state index contributed by atoms with van der Waals surface area (Å²) in [5.74, 6) is 0.621. The number of amides is 1. The van der Waals surface area contributed by atoms with Gasteiger partial charge in [0.25, 0.3) is 5.91 Å². The first kappa shape index (κ1) is 17.1. The standard InChI is InChI=1S/C17H19ClN2O3/c1-11(2)23-16-14(18)7-13(8-15(16)22-3)17(21)20-10-12-5-4-6-19-9-12/h4-9,11H,10H2,1-3H3,(H,20,21). The van der Waals surface area contributed by atoms with Gasteiger partial charge in [-0.15, -0.1) is 0 Å². The molecule has 0 saturated carbocycles. The molecule has 1 aromatic carbocycles. The minimum atomic E-state index is -0.245. The van der Waals surface area contributed by atoms with E-state index < -0.39 is 0 Å². The van der Waals surface area contributed by atoms with E-state index in [4.69, 9.17) is 21.1 Å². The lowest BCUT2D eigenvalue weighted by Gasteiger charge is -2.16. The molecule has 122 valence electrons. The molecule has 0 saturated heterocycles. The predicted octanol–water partition coefficient (Wildman–Crippen LogP) is 3.46. The molecule has 1 aromatic heterocycles. The average Bonchev–Trinajstić information content (AvgIpc) is 2.54. The molecule has 0 radical (unpaired) electrons. The first-order chi connectivity index (χ1) is 11.0. The number of pyridine rings is 1. The molecule has 5 nitrogen and oxygen atoms in total. The Bertz CT molecular complexity index is 675. The summed E-state index contributed by atoms with van der Waals surface area (Å²) in [7, 11) is 1.51. The van der Waals surface area contributed by atoms with Crippen molar-refractivity contribution in [1.82, 2.24) is 10.3 Å². The number of aromatic nitrogens is 1. The zero-order chi connectivity index (χ0) is 16.8. The Morgan fingerprint density at radius 2 is 2.17 bits per heavy atom. The molecule has 2 rings (SSSR count). The lowest BCUT2D eigenvalue weighted by molar-refractivity contribution is 0.0950. The number of ether oxygens (including phenoxy) is 2. The van der Waals surface area contributed by atoms with Crippen molar-refractivity contribution in [2.24, 2.45) is 0 Å². The number of methoxy groups -OCH3 is 1. The van der Waals surface area contributed by atoms with E-state index >= 15 is 0 Å². The molecule has 0 aliphatic heterocycles. The number of nitrogens with zero attached hydrogens (tertiary/aromatic N) is 1. The first-order valence-corrected chi connectivity index (χ1v) is 7.60. The van der Waals surface area contributed by atoms with Crippen LogP contribution >= 0.6 is 11.6 Å². The van der Waals surface area contributed by atoms with Gasteiger partial charge in [-0.2, -0.15) is 0 Å². The summed E-state index contributed by atoms with van der Waals surface area (Å²) in [5.41, 5.74) is 1.32. The SMILES string of the molecule is COc1cc(C(=O)NCc2cccnc2)cc(Cl)c1OC(C)C. The number of hydrogen-bond acceptors (Lipinski definition) is 4. The van der Waals surface area contributed by atoms with E-state index in [1.165, 1.54) is 7.11 Å². The Kier molecular flexibility index (Phi) is 5.82. The van der Waals surface area contributed by atoms with Gasteiger partial charge in [0.1, 0.15) is 0 Å². The largest absolute Gasteiger partial charge is 0.493 e. The Balaban J connectivity index is 2.15. The lowest BCUT2D eigenvalue weighted by atomic mass is 10.1. The second-order valence-corrected chi connectivity index (χ2v) is 5.61. The van der Waals surface area contributed by atoms with Crippen molar-refractivity contribution < 1.29 is 14.3 Å². The van der Waals surface area contributed by atoms with Gasteiger partial charge in [0.05, 0.1) is 18.2 Å². The molecular weight excluding hydrogens is 316 g/mol. The van der Waals surface area contributed by atoms with Gasteiger partial charge in [-0.25, -0.2) is 0 Å². The van der Waals surface area contributed by atoms with E-state index in [1.54, 1.807) is 24.5 Å². The van der Waals surface area contributed by atoms with Crippen LogP contribution < -0.4 is 14.8 Å². The Labute approximate surface area is 140 Å². The van der Waals surface area contributed by atoms with Crippen molar-refractivity contribution in [3.63, 3.8) is 0 Å². The zero-order valence-corrected chi connectivity index (χ0v) is 14.1. The maximum Gasteiger partial charge on any atom is 0.251 e. The van der Waals surface area contributed by atoms with Crippen LogP contribution in [0.4, 0.5) is 0 Å². The van der Waals surface area contributed by atoms with Gasteiger partial charge in [0.15, 0.2) is 11.5 Å². The van der Waals surface area contributed by atoms with E-state index in [-0.39, 0.29) is 12.0 Å². The number of nitrogens with one attached hydrogen (secondary N) is 1. The molecule has 1 N–H and O–H groups in total. The fourth-order valence-electron chi connectivity index (χ4n) is 1.99. The number of hydrogen-bond donors (Lipinski definition) is 1. The monoisotopic (exact) mass is 334 g/mol. The quantitative estimate of drug-likeness (QED) is 0.878. The lowest BCUT2D eigenvalue weighted by Crippen LogP contribution is -2.23. The fourth-order valence-corrected chi connectivity index (χ4v) is 2.24. The van der Waals surface area contributed by atoms with Gasteiger partial charge in [0.2, 0.25) is 0 Å².